The molecule has 0 aliphatic carbocycles. The third kappa shape index (κ3) is 5.14. The van der Waals surface area contributed by atoms with E-state index in [1.165, 1.54) is 5.56 Å². The number of nitrogens with zero attached hydrogens (tertiary/aromatic N) is 4. The van der Waals surface area contributed by atoms with Crippen molar-refractivity contribution in [3.8, 4) is 0 Å². The zero-order valence-corrected chi connectivity index (χ0v) is 18.5. The van der Waals surface area contributed by atoms with Gasteiger partial charge in [0, 0.05) is 50.7 Å². The van der Waals surface area contributed by atoms with Crippen molar-refractivity contribution in [2.24, 2.45) is 0 Å². The van der Waals surface area contributed by atoms with Gasteiger partial charge in [-0.2, -0.15) is 0 Å². The van der Waals surface area contributed by atoms with Gasteiger partial charge in [0.25, 0.3) is 5.56 Å². The van der Waals surface area contributed by atoms with E-state index >= 15 is 0 Å². The Morgan fingerprint density at radius 3 is 2.68 bits per heavy atom. The molecule has 162 valence electrons. The predicted molar refractivity (Wildman–Crippen MR) is 123 cm³/mol. The average molecular weight is 439 g/mol. The number of carbonyl (C=O) groups excluding carboxylic acids is 1. The van der Waals surface area contributed by atoms with Gasteiger partial charge in [-0.15, -0.1) is 0 Å². The fraction of sp³-hybridized carbons (Fsp3) is 0.375. The number of fused-ring (bicyclic) bond motifs is 1. The van der Waals surface area contributed by atoms with E-state index in [2.05, 4.69) is 9.88 Å². The molecule has 1 aliphatic heterocycles. The van der Waals surface area contributed by atoms with Crippen LogP contribution in [0.25, 0.3) is 10.9 Å². The number of hydrogen-bond donors (Lipinski definition) is 0. The highest BCUT2D eigenvalue weighted by Gasteiger charge is 2.19. The molecule has 1 aromatic heterocycles. The Morgan fingerprint density at radius 2 is 1.87 bits per heavy atom. The van der Waals surface area contributed by atoms with E-state index in [-0.39, 0.29) is 11.5 Å². The van der Waals surface area contributed by atoms with Crippen molar-refractivity contribution < 1.29 is 4.79 Å². The molecule has 0 bridgehead atoms. The summed E-state index contributed by atoms with van der Waals surface area (Å²) in [5.74, 6) is 0.0876. The lowest BCUT2D eigenvalue weighted by Gasteiger charge is -2.22. The molecule has 0 N–H and O–H groups in total. The number of aromatic nitrogens is 2. The first-order valence-electron chi connectivity index (χ1n) is 10.7. The summed E-state index contributed by atoms with van der Waals surface area (Å²) >= 11 is 5.97. The number of halogens is 1. The van der Waals surface area contributed by atoms with Crippen LogP contribution in [0.1, 0.15) is 24.0 Å². The Labute approximate surface area is 187 Å². The van der Waals surface area contributed by atoms with Gasteiger partial charge in [-0.1, -0.05) is 35.9 Å². The summed E-state index contributed by atoms with van der Waals surface area (Å²) in [6.07, 6.45) is 2.80. The molecule has 1 aliphatic rings. The minimum atomic E-state index is -0.0912. The van der Waals surface area contributed by atoms with Crippen LogP contribution < -0.4 is 5.56 Å². The summed E-state index contributed by atoms with van der Waals surface area (Å²) < 4.78 is 1.55. The summed E-state index contributed by atoms with van der Waals surface area (Å²) in [5.41, 5.74) is 2.84. The van der Waals surface area contributed by atoms with Crippen molar-refractivity contribution in [3.05, 3.63) is 75.3 Å². The van der Waals surface area contributed by atoms with Crippen molar-refractivity contribution >= 4 is 28.4 Å². The first-order chi connectivity index (χ1) is 15.0. The van der Waals surface area contributed by atoms with Gasteiger partial charge in [0.15, 0.2) is 0 Å². The van der Waals surface area contributed by atoms with E-state index in [1.54, 1.807) is 17.0 Å². The lowest BCUT2D eigenvalue weighted by Crippen LogP contribution is -2.36. The molecular formula is C24H27ClN4O2. The maximum absolute atomic E-state index is 12.8. The average Bonchev–Trinajstić information content (AvgIpc) is 3.01. The molecular weight excluding hydrogens is 412 g/mol. The van der Waals surface area contributed by atoms with Crippen LogP contribution in [0.15, 0.2) is 53.6 Å². The molecule has 2 heterocycles. The van der Waals surface area contributed by atoms with Crippen LogP contribution in [0, 0.1) is 6.92 Å². The zero-order chi connectivity index (χ0) is 21.8. The van der Waals surface area contributed by atoms with Gasteiger partial charge in [0.05, 0.1) is 17.2 Å². The van der Waals surface area contributed by atoms with Crippen molar-refractivity contribution in [2.75, 3.05) is 26.2 Å². The molecule has 0 radical (unpaired) electrons. The van der Waals surface area contributed by atoms with Crippen LogP contribution in [0.3, 0.4) is 0 Å². The van der Waals surface area contributed by atoms with Crippen molar-refractivity contribution in [1.29, 1.82) is 0 Å². The zero-order valence-electron chi connectivity index (χ0n) is 17.8. The van der Waals surface area contributed by atoms with Gasteiger partial charge in [0.2, 0.25) is 5.91 Å². The topological polar surface area (TPSA) is 58.4 Å². The molecule has 0 atom stereocenters. The summed E-state index contributed by atoms with van der Waals surface area (Å²) in [6, 6.07) is 13.5. The number of aryl methyl sites for hydroxylation is 2. The Kier molecular flexibility index (Phi) is 6.68. The standard InChI is InChI=1S/C24H27ClN4O2/c1-18-4-2-5-21-23(18)26-17-29(24(21)31)13-10-22(30)28-12-3-11-27(14-15-28)16-19-6-8-20(25)9-7-19/h2,4-9,17H,3,10-16H2,1H3. The van der Waals surface area contributed by atoms with E-state index < -0.39 is 0 Å². The second kappa shape index (κ2) is 9.62. The van der Waals surface area contributed by atoms with Crippen LogP contribution in [0.4, 0.5) is 0 Å². The number of hydrogen-bond acceptors (Lipinski definition) is 4. The van der Waals surface area contributed by atoms with E-state index in [9.17, 15) is 9.59 Å². The number of carbonyl (C=O) groups is 1. The molecule has 0 unspecified atom stereocenters. The number of rotatable bonds is 5. The summed E-state index contributed by atoms with van der Waals surface area (Å²) in [5, 5.41) is 1.34. The van der Waals surface area contributed by atoms with Gasteiger partial charge in [-0.05, 0) is 42.7 Å². The minimum Gasteiger partial charge on any atom is -0.341 e. The molecule has 3 aromatic rings. The normalized spacial score (nSPS) is 15.2. The number of amides is 1. The SMILES string of the molecule is Cc1cccc2c(=O)n(CCC(=O)N3CCCN(Cc4ccc(Cl)cc4)CC3)cnc12. The molecule has 6 nitrogen and oxygen atoms in total. The predicted octanol–water partition coefficient (Wildman–Crippen LogP) is 3.48. The second-order valence-electron chi connectivity index (χ2n) is 8.10. The molecule has 31 heavy (non-hydrogen) atoms. The quantitative estimate of drug-likeness (QED) is 0.612. The van der Waals surface area contributed by atoms with E-state index in [0.29, 0.717) is 24.9 Å². The first kappa shape index (κ1) is 21.5. The molecule has 4 rings (SSSR count). The molecule has 1 saturated heterocycles. The molecule has 2 aromatic carbocycles. The smallest absolute Gasteiger partial charge is 0.261 e. The third-order valence-corrected chi connectivity index (χ3v) is 6.13. The highest BCUT2D eigenvalue weighted by molar-refractivity contribution is 6.30. The fourth-order valence-electron chi connectivity index (χ4n) is 4.10. The van der Waals surface area contributed by atoms with Crippen molar-refractivity contribution in [1.82, 2.24) is 19.4 Å². The fourth-order valence-corrected chi connectivity index (χ4v) is 4.22. The lowest BCUT2D eigenvalue weighted by molar-refractivity contribution is -0.131. The Bertz CT molecular complexity index is 1130. The van der Waals surface area contributed by atoms with Gasteiger partial charge >= 0.3 is 0 Å². The van der Waals surface area contributed by atoms with Gasteiger partial charge in [-0.25, -0.2) is 4.98 Å². The molecule has 0 spiro atoms. The number of para-hydroxylation sites is 1. The van der Waals surface area contributed by atoms with Gasteiger partial charge < -0.3 is 4.90 Å². The molecule has 7 heteroatoms. The van der Waals surface area contributed by atoms with E-state index in [4.69, 9.17) is 11.6 Å². The molecule has 1 amide bonds. The first-order valence-corrected chi connectivity index (χ1v) is 11.1. The monoisotopic (exact) mass is 438 g/mol. The number of benzene rings is 2. The van der Waals surface area contributed by atoms with E-state index in [0.717, 1.165) is 48.7 Å². The molecule has 1 fully saturated rings. The third-order valence-electron chi connectivity index (χ3n) is 5.88. The highest BCUT2D eigenvalue weighted by atomic mass is 35.5. The largest absolute Gasteiger partial charge is 0.341 e. The summed E-state index contributed by atoms with van der Waals surface area (Å²) in [6.45, 7) is 6.40. The van der Waals surface area contributed by atoms with Gasteiger partial charge in [0.1, 0.15) is 0 Å². The van der Waals surface area contributed by atoms with Crippen LogP contribution in [-0.4, -0.2) is 51.4 Å². The summed E-state index contributed by atoms with van der Waals surface area (Å²) in [4.78, 5) is 34.3. The van der Waals surface area contributed by atoms with E-state index in [1.807, 2.05) is 48.2 Å². The summed E-state index contributed by atoms with van der Waals surface area (Å²) in [7, 11) is 0. The second-order valence-corrected chi connectivity index (χ2v) is 8.54. The van der Waals surface area contributed by atoms with Crippen LogP contribution in [0.2, 0.25) is 5.02 Å². The van der Waals surface area contributed by atoms with Crippen molar-refractivity contribution in [2.45, 2.75) is 32.9 Å². The highest BCUT2D eigenvalue weighted by Crippen LogP contribution is 2.14. The Hall–Kier alpha value is -2.70. The Balaban J connectivity index is 1.34. The van der Waals surface area contributed by atoms with Crippen LogP contribution in [-0.2, 0) is 17.9 Å². The maximum Gasteiger partial charge on any atom is 0.261 e. The van der Waals surface area contributed by atoms with Crippen LogP contribution >= 0.6 is 11.6 Å². The van der Waals surface area contributed by atoms with Gasteiger partial charge in [-0.3, -0.25) is 19.1 Å². The lowest BCUT2D eigenvalue weighted by atomic mass is 10.1. The Morgan fingerprint density at radius 1 is 1.06 bits per heavy atom. The van der Waals surface area contributed by atoms with Crippen LogP contribution in [0.5, 0.6) is 0 Å². The molecule has 0 saturated carbocycles. The van der Waals surface area contributed by atoms with Crippen molar-refractivity contribution in [3.63, 3.8) is 0 Å². The minimum absolute atomic E-state index is 0.0876. The maximum atomic E-state index is 12.8.